The Morgan fingerprint density at radius 1 is 1.09 bits per heavy atom. The van der Waals surface area contributed by atoms with E-state index in [-0.39, 0.29) is 34.3 Å². The monoisotopic (exact) mass is 311 g/mol. The molecule has 1 aromatic heterocycles. The van der Waals surface area contributed by atoms with Crippen molar-refractivity contribution in [3.05, 3.63) is 57.9 Å². The molecule has 1 heterocycles. The Hall–Kier alpha value is -2.69. The maximum Gasteiger partial charge on any atom is 0.340 e. The van der Waals surface area contributed by atoms with E-state index >= 15 is 0 Å². The molecule has 5 nitrogen and oxygen atoms in total. The molecule has 0 aliphatic heterocycles. The summed E-state index contributed by atoms with van der Waals surface area (Å²) in [6, 6.07) is 6.68. The average Bonchev–Trinajstić information content (AvgIpc) is 2.85. The molecule has 0 fully saturated rings. The number of hydrogen-bond acceptors (Lipinski definition) is 4. The third kappa shape index (κ3) is 1.96. The minimum absolute atomic E-state index is 0.0385. The van der Waals surface area contributed by atoms with E-state index in [1.54, 1.807) is 35.9 Å². The fourth-order valence-electron chi connectivity index (χ4n) is 3.32. The van der Waals surface area contributed by atoms with Crippen molar-refractivity contribution >= 4 is 17.5 Å². The van der Waals surface area contributed by atoms with Gasteiger partial charge in [-0.3, -0.25) is 9.59 Å². The number of ether oxygens (including phenoxy) is 1. The molecule has 0 amide bonds. The van der Waals surface area contributed by atoms with Gasteiger partial charge in [0.05, 0.1) is 18.2 Å². The van der Waals surface area contributed by atoms with Gasteiger partial charge in [-0.1, -0.05) is 38.1 Å². The molecule has 0 saturated heterocycles. The van der Waals surface area contributed by atoms with Crippen molar-refractivity contribution in [2.75, 3.05) is 7.11 Å². The summed E-state index contributed by atoms with van der Waals surface area (Å²) >= 11 is 0. The van der Waals surface area contributed by atoms with Crippen LogP contribution >= 0.6 is 0 Å². The third-order valence-electron chi connectivity index (χ3n) is 4.23. The number of carbonyl (C=O) groups excluding carboxylic acids is 3. The number of methoxy groups -OCH3 is 1. The first kappa shape index (κ1) is 15.2. The van der Waals surface area contributed by atoms with Crippen LogP contribution < -0.4 is 0 Å². The van der Waals surface area contributed by atoms with E-state index in [2.05, 4.69) is 0 Å². The van der Waals surface area contributed by atoms with E-state index in [0.29, 0.717) is 16.8 Å². The number of fused-ring (bicyclic) bond motifs is 2. The number of aromatic nitrogens is 1. The lowest BCUT2D eigenvalue weighted by molar-refractivity contribution is 0.0596. The molecule has 0 atom stereocenters. The van der Waals surface area contributed by atoms with Crippen LogP contribution in [0.25, 0.3) is 0 Å². The van der Waals surface area contributed by atoms with Gasteiger partial charge in [0, 0.05) is 23.9 Å². The molecule has 0 unspecified atom stereocenters. The summed E-state index contributed by atoms with van der Waals surface area (Å²) in [5, 5.41) is 0. The fourth-order valence-corrected chi connectivity index (χ4v) is 3.32. The molecule has 5 heteroatoms. The predicted octanol–water partition coefficient (Wildman–Crippen LogP) is 2.71. The summed E-state index contributed by atoms with van der Waals surface area (Å²) in [7, 11) is 2.98. The number of ketones is 2. The zero-order valence-electron chi connectivity index (χ0n) is 13.5. The SMILES string of the molecule is COC(=O)c1c2c(n(C)c1C(C)C)C(=O)c1ccccc1C2=O. The van der Waals surface area contributed by atoms with Crippen LogP contribution in [0.4, 0.5) is 0 Å². The molecule has 0 bridgehead atoms. The molecule has 0 saturated carbocycles. The number of nitrogens with zero attached hydrogens (tertiary/aromatic N) is 1. The van der Waals surface area contributed by atoms with Gasteiger partial charge in [-0.05, 0) is 5.92 Å². The first-order valence-corrected chi connectivity index (χ1v) is 7.39. The number of rotatable bonds is 2. The minimum atomic E-state index is -0.592. The molecule has 1 aliphatic carbocycles. The van der Waals surface area contributed by atoms with Crippen molar-refractivity contribution in [2.45, 2.75) is 19.8 Å². The Morgan fingerprint density at radius 3 is 2.17 bits per heavy atom. The van der Waals surface area contributed by atoms with Crippen LogP contribution in [0.1, 0.15) is 67.8 Å². The highest BCUT2D eigenvalue weighted by Gasteiger charge is 2.39. The van der Waals surface area contributed by atoms with Gasteiger partial charge in [0.25, 0.3) is 0 Å². The highest BCUT2D eigenvalue weighted by molar-refractivity contribution is 6.30. The topological polar surface area (TPSA) is 65.4 Å². The van der Waals surface area contributed by atoms with Gasteiger partial charge in [-0.15, -0.1) is 0 Å². The van der Waals surface area contributed by atoms with E-state index in [9.17, 15) is 14.4 Å². The van der Waals surface area contributed by atoms with Gasteiger partial charge < -0.3 is 9.30 Å². The summed E-state index contributed by atoms with van der Waals surface area (Å²) < 4.78 is 6.52. The van der Waals surface area contributed by atoms with Crippen molar-refractivity contribution in [1.29, 1.82) is 0 Å². The van der Waals surface area contributed by atoms with Crippen LogP contribution in [0.15, 0.2) is 24.3 Å². The second-order valence-corrected chi connectivity index (χ2v) is 5.89. The van der Waals surface area contributed by atoms with E-state index in [4.69, 9.17) is 4.74 Å². The Labute approximate surface area is 133 Å². The molecule has 2 aromatic rings. The number of carbonyl (C=O) groups is 3. The van der Waals surface area contributed by atoms with E-state index in [0.717, 1.165) is 0 Å². The Bertz CT molecular complexity index is 858. The van der Waals surface area contributed by atoms with Crippen molar-refractivity contribution in [1.82, 2.24) is 4.57 Å². The predicted molar refractivity (Wildman–Crippen MR) is 84.1 cm³/mol. The van der Waals surface area contributed by atoms with E-state index in [1.165, 1.54) is 7.11 Å². The maximum absolute atomic E-state index is 12.9. The summed E-state index contributed by atoms with van der Waals surface area (Å²) in [6.45, 7) is 3.82. The Balaban J connectivity index is 2.41. The summed E-state index contributed by atoms with van der Waals surface area (Å²) in [5.74, 6) is -1.18. The first-order valence-electron chi connectivity index (χ1n) is 7.39. The van der Waals surface area contributed by atoms with Gasteiger partial charge >= 0.3 is 5.97 Å². The lowest BCUT2D eigenvalue weighted by Gasteiger charge is -2.16. The summed E-state index contributed by atoms with van der Waals surface area (Å²) in [6.07, 6.45) is 0. The van der Waals surface area contributed by atoms with Crippen LogP contribution in [-0.2, 0) is 11.8 Å². The second kappa shape index (κ2) is 5.19. The zero-order valence-corrected chi connectivity index (χ0v) is 13.5. The lowest BCUT2D eigenvalue weighted by atomic mass is 9.86. The highest BCUT2D eigenvalue weighted by Crippen LogP contribution is 2.35. The smallest absolute Gasteiger partial charge is 0.340 e. The zero-order chi connectivity index (χ0) is 16.9. The van der Waals surface area contributed by atoms with Crippen LogP contribution in [0.2, 0.25) is 0 Å². The van der Waals surface area contributed by atoms with Crippen molar-refractivity contribution in [3.63, 3.8) is 0 Å². The summed E-state index contributed by atoms with van der Waals surface area (Å²) in [4.78, 5) is 38.0. The standard InChI is InChI=1S/C18H17NO4/c1-9(2)14-13(18(22)23-4)12-15(19(14)3)17(21)11-8-6-5-7-10(11)16(12)20/h5-9H,1-4H3. The van der Waals surface area contributed by atoms with Crippen LogP contribution in [-0.4, -0.2) is 29.2 Å². The quantitative estimate of drug-likeness (QED) is 0.683. The fraction of sp³-hybridized carbons (Fsp3) is 0.278. The van der Waals surface area contributed by atoms with E-state index < -0.39 is 5.97 Å². The van der Waals surface area contributed by atoms with Crippen LogP contribution in [0, 0.1) is 0 Å². The van der Waals surface area contributed by atoms with E-state index in [1.807, 2.05) is 13.8 Å². The Kier molecular flexibility index (Phi) is 3.43. The molecule has 3 rings (SSSR count). The second-order valence-electron chi connectivity index (χ2n) is 5.89. The Morgan fingerprint density at radius 2 is 1.65 bits per heavy atom. The van der Waals surface area contributed by atoms with Crippen molar-refractivity contribution < 1.29 is 19.1 Å². The van der Waals surface area contributed by atoms with Gasteiger partial charge in [0.2, 0.25) is 5.78 Å². The van der Waals surface area contributed by atoms with Crippen molar-refractivity contribution in [3.8, 4) is 0 Å². The number of esters is 1. The van der Waals surface area contributed by atoms with Gasteiger partial charge in [0.15, 0.2) is 5.78 Å². The lowest BCUT2D eigenvalue weighted by Crippen LogP contribution is -2.23. The molecular weight excluding hydrogens is 294 g/mol. The maximum atomic E-state index is 12.9. The molecule has 0 spiro atoms. The minimum Gasteiger partial charge on any atom is -0.465 e. The van der Waals surface area contributed by atoms with Crippen molar-refractivity contribution in [2.24, 2.45) is 7.05 Å². The third-order valence-corrected chi connectivity index (χ3v) is 4.23. The molecular formula is C18H17NO4. The molecule has 0 N–H and O–H groups in total. The number of hydrogen-bond donors (Lipinski definition) is 0. The van der Waals surface area contributed by atoms with Gasteiger partial charge in [0.1, 0.15) is 5.69 Å². The molecule has 1 aromatic carbocycles. The van der Waals surface area contributed by atoms with Crippen LogP contribution in [0.3, 0.4) is 0 Å². The highest BCUT2D eigenvalue weighted by atomic mass is 16.5. The molecule has 0 radical (unpaired) electrons. The number of benzene rings is 1. The molecule has 118 valence electrons. The summed E-state index contributed by atoms with van der Waals surface area (Å²) in [5.41, 5.74) is 1.96. The molecule has 23 heavy (non-hydrogen) atoms. The first-order chi connectivity index (χ1) is 10.9. The largest absolute Gasteiger partial charge is 0.465 e. The van der Waals surface area contributed by atoms with Gasteiger partial charge in [-0.25, -0.2) is 4.79 Å². The normalized spacial score (nSPS) is 13.1. The van der Waals surface area contributed by atoms with Crippen LogP contribution in [0.5, 0.6) is 0 Å². The van der Waals surface area contributed by atoms with Gasteiger partial charge in [-0.2, -0.15) is 0 Å². The molecule has 1 aliphatic rings. The average molecular weight is 311 g/mol.